The largest absolute Gasteiger partial charge is 0.342 e. The van der Waals surface area contributed by atoms with Gasteiger partial charge in [-0.2, -0.15) is 5.10 Å². The summed E-state index contributed by atoms with van der Waals surface area (Å²) >= 11 is 0. The summed E-state index contributed by atoms with van der Waals surface area (Å²) in [6.07, 6.45) is 6.82. The van der Waals surface area contributed by atoms with Gasteiger partial charge in [-0.15, -0.1) is 0 Å². The summed E-state index contributed by atoms with van der Waals surface area (Å²) in [5, 5.41) is 7.40. The molecule has 1 saturated heterocycles. The maximum Gasteiger partial charge on any atom is 0.226 e. The Bertz CT molecular complexity index is 696. The number of H-pyrrole nitrogens is 1. The summed E-state index contributed by atoms with van der Waals surface area (Å²) in [7, 11) is 0. The van der Waals surface area contributed by atoms with Gasteiger partial charge in [-0.1, -0.05) is 6.07 Å². The number of aromatic nitrogens is 3. The quantitative estimate of drug-likeness (QED) is 0.948. The van der Waals surface area contributed by atoms with Crippen molar-refractivity contribution >= 4 is 5.91 Å². The van der Waals surface area contributed by atoms with Gasteiger partial charge in [0.25, 0.3) is 0 Å². The highest BCUT2D eigenvalue weighted by atomic mass is 16.2. The van der Waals surface area contributed by atoms with Crippen molar-refractivity contribution in [1.82, 2.24) is 20.1 Å². The van der Waals surface area contributed by atoms with Crippen LogP contribution in [0.4, 0.5) is 0 Å². The average molecular weight is 310 g/mol. The van der Waals surface area contributed by atoms with E-state index in [0.29, 0.717) is 17.7 Å². The summed E-state index contributed by atoms with van der Waals surface area (Å²) in [6, 6.07) is 6.14. The van der Waals surface area contributed by atoms with Crippen molar-refractivity contribution < 1.29 is 4.79 Å². The molecular formula is C18H22N4O. The summed E-state index contributed by atoms with van der Waals surface area (Å²) in [6.45, 7) is 3.71. The van der Waals surface area contributed by atoms with Crippen molar-refractivity contribution in [2.45, 2.75) is 38.0 Å². The first-order chi connectivity index (χ1) is 11.2. The minimum Gasteiger partial charge on any atom is -0.342 e. The smallest absolute Gasteiger partial charge is 0.226 e. The Hall–Kier alpha value is -2.17. The molecule has 1 aliphatic heterocycles. The van der Waals surface area contributed by atoms with E-state index in [9.17, 15) is 4.79 Å². The molecule has 1 amide bonds. The first-order valence-electron chi connectivity index (χ1n) is 8.43. The topological polar surface area (TPSA) is 61.9 Å². The summed E-state index contributed by atoms with van der Waals surface area (Å²) < 4.78 is 0. The highest BCUT2D eigenvalue weighted by Crippen LogP contribution is 2.48. The average Bonchev–Trinajstić information content (AvgIpc) is 3.29. The van der Waals surface area contributed by atoms with Gasteiger partial charge in [0.1, 0.15) is 0 Å². The van der Waals surface area contributed by atoms with Crippen LogP contribution in [0.3, 0.4) is 0 Å². The lowest BCUT2D eigenvalue weighted by atomic mass is 9.94. The number of likely N-dealkylation sites (tertiary alicyclic amines) is 1. The lowest BCUT2D eigenvalue weighted by molar-refractivity contribution is -0.133. The maximum absolute atomic E-state index is 12.8. The number of aromatic amines is 1. The fourth-order valence-corrected chi connectivity index (χ4v) is 3.73. The van der Waals surface area contributed by atoms with Crippen molar-refractivity contribution in [3.8, 4) is 0 Å². The second-order valence-corrected chi connectivity index (χ2v) is 6.83. The highest BCUT2D eigenvalue weighted by Gasteiger charge is 2.46. The predicted molar refractivity (Wildman–Crippen MR) is 87.0 cm³/mol. The number of pyridine rings is 1. The molecule has 0 spiro atoms. The number of nitrogens with zero attached hydrogens (tertiary/aromatic N) is 3. The van der Waals surface area contributed by atoms with Crippen LogP contribution in [0.2, 0.25) is 0 Å². The third-order valence-corrected chi connectivity index (χ3v) is 5.10. The fourth-order valence-electron chi connectivity index (χ4n) is 3.73. The Morgan fingerprint density at radius 1 is 1.43 bits per heavy atom. The van der Waals surface area contributed by atoms with E-state index in [2.05, 4.69) is 32.2 Å². The molecule has 1 saturated carbocycles. The molecule has 0 bridgehead atoms. The van der Waals surface area contributed by atoms with Crippen LogP contribution in [-0.4, -0.2) is 39.1 Å². The molecule has 0 unspecified atom stereocenters. The lowest BCUT2D eigenvalue weighted by Crippen LogP contribution is -2.40. The monoisotopic (exact) mass is 310 g/mol. The number of aryl methyl sites for hydroxylation is 1. The zero-order valence-corrected chi connectivity index (χ0v) is 13.4. The number of carbonyl (C=O) groups excluding carboxylic acids is 1. The molecule has 23 heavy (non-hydrogen) atoms. The van der Waals surface area contributed by atoms with Gasteiger partial charge >= 0.3 is 0 Å². The molecule has 2 aromatic heterocycles. The van der Waals surface area contributed by atoms with Crippen molar-refractivity contribution in [1.29, 1.82) is 0 Å². The molecule has 5 heteroatoms. The van der Waals surface area contributed by atoms with E-state index < -0.39 is 0 Å². The summed E-state index contributed by atoms with van der Waals surface area (Å²) in [4.78, 5) is 19.0. The van der Waals surface area contributed by atoms with E-state index in [1.165, 1.54) is 5.56 Å². The molecule has 1 aliphatic carbocycles. The van der Waals surface area contributed by atoms with Gasteiger partial charge < -0.3 is 4.90 Å². The van der Waals surface area contributed by atoms with Crippen molar-refractivity contribution in [2.75, 3.05) is 13.1 Å². The zero-order valence-electron chi connectivity index (χ0n) is 13.4. The van der Waals surface area contributed by atoms with Crippen LogP contribution in [-0.2, 0) is 4.79 Å². The van der Waals surface area contributed by atoms with E-state index in [4.69, 9.17) is 0 Å². The predicted octanol–water partition coefficient (Wildman–Crippen LogP) is 2.62. The molecule has 1 N–H and O–H groups in total. The SMILES string of the molecule is Cc1cc([C@@H]2CCCN(C(=O)[C@@H]3C[C@H]3c3cccnc3)C2)n[nH]1. The molecule has 2 fully saturated rings. The van der Waals surface area contributed by atoms with E-state index in [-0.39, 0.29) is 5.92 Å². The van der Waals surface area contributed by atoms with Crippen LogP contribution in [0.1, 0.15) is 48.0 Å². The minimum atomic E-state index is 0.152. The molecule has 2 aliphatic rings. The zero-order chi connectivity index (χ0) is 15.8. The standard InChI is InChI=1S/C18H22N4O/c1-12-8-17(21-20-12)14-5-3-7-22(11-14)18(23)16-9-15(16)13-4-2-6-19-10-13/h2,4,6,8,10,14-16H,3,5,7,9,11H2,1H3,(H,20,21)/t14-,15+,16-/m1/s1. The van der Waals surface area contributed by atoms with Gasteiger partial charge in [0.15, 0.2) is 0 Å². The fraction of sp³-hybridized carbons (Fsp3) is 0.500. The molecule has 4 rings (SSSR count). The first-order valence-corrected chi connectivity index (χ1v) is 8.43. The van der Waals surface area contributed by atoms with Crippen LogP contribution in [0.25, 0.3) is 0 Å². The molecule has 0 radical (unpaired) electrons. The van der Waals surface area contributed by atoms with Crippen molar-refractivity contribution in [3.05, 3.63) is 47.5 Å². The normalized spacial score (nSPS) is 27.0. The van der Waals surface area contributed by atoms with E-state index in [1.54, 1.807) is 6.20 Å². The number of piperidine rings is 1. The molecule has 0 aromatic carbocycles. The van der Waals surface area contributed by atoms with Crippen LogP contribution in [0, 0.1) is 12.8 Å². The van der Waals surface area contributed by atoms with Crippen LogP contribution in [0.5, 0.6) is 0 Å². The van der Waals surface area contributed by atoms with Crippen molar-refractivity contribution in [3.63, 3.8) is 0 Å². The van der Waals surface area contributed by atoms with Gasteiger partial charge in [-0.3, -0.25) is 14.9 Å². The Balaban J connectivity index is 1.41. The van der Waals surface area contributed by atoms with Crippen molar-refractivity contribution in [2.24, 2.45) is 5.92 Å². The minimum absolute atomic E-state index is 0.152. The highest BCUT2D eigenvalue weighted by molar-refractivity contribution is 5.83. The Morgan fingerprint density at radius 2 is 2.35 bits per heavy atom. The van der Waals surface area contributed by atoms with Gasteiger partial charge in [0.2, 0.25) is 5.91 Å². The lowest BCUT2D eigenvalue weighted by Gasteiger charge is -2.32. The number of nitrogens with one attached hydrogen (secondary N) is 1. The Labute approximate surface area is 136 Å². The van der Waals surface area contributed by atoms with Crippen LogP contribution in [0.15, 0.2) is 30.6 Å². The maximum atomic E-state index is 12.8. The number of hydrogen-bond acceptors (Lipinski definition) is 3. The first kappa shape index (κ1) is 14.4. The van der Waals surface area contributed by atoms with Crippen LogP contribution < -0.4 is 0 Å². The van der Waals surface area contributed by atoms with Gasteiger partial charge in [0.05, 0.1) is 5.69 Å². The Morgan fingerprint density at radius 3 is 3.09 bits per heavy atom. The molecule has 3 atom stereocenters. The summed E-state index contributed by atoms with van der Waals surface area (Å²) in [5.41, 5.74) is 3.38. The van der Waals surface area contributed by atoms with E-state index >= 15 is 0 Å². The number of amides is 1. The third kappa shape index (κ3) is 2.87. The number of carbonyl (C=O) groups is 1. The van der Waals surface area contributed by atoms with Gasteiger partial charge in [0, 0.05) is 43.0 Å². The number of hydrogen-bond donors (Lipinski definition) is 1. The van der Waals surface area contributed by atoms with Gasteiger partial charge in [-0.05, 0) is 49.8 Å². The second-order valence-electron chi connectivity index (χ2n) is 6.83. The molecular weight excluding hydrogens is 288 g/mol. The van der Waals surface area contributed by atoms with E-state index in [0.717, 1.165) is 43.7 Å². The Kier molecular flexibility index (Phi) is 3.63. The molecule has 3 heterocycles. The molecule has 120 valence electrons. The molecule has 2 aromatic rings. The van der Waals surface area contributed by atoms with E-state index in [1.807, 2.05) is 19.2 Å². The second kappa shape index (κ2) is 5.80. The van der Waals surface area contributed by atoms with Gasteiger partial charge in [-0.25, -0.2) is 0 Å². The van der Waals surface area contributed by atoms with Crippen LogP contribution >= 0.6 is 0 Å². The third-order valence-electron chi connectivity index (χ3n) is 5.10. The summed E-state index contributed by atoms with van der Waals surface area (Å²) in [5.74, 6) is 1.20. The number of rotatable bonds is 3. The molecule has 5 nitrogen and oxygen atoms in total.